The van der Waals surface area contributed by atoms with Gasteiger partial charge in [-0.2, -0.15) is 10.2 Å². The number of nitrogen functional groups attached to an aromatic ring is 1. The first-order chi connectivity index (χ1) is 23.8. The summed E-state index contributed by atoms with van der Waals surface area (Å²) in [5.41, 5.74) is 9.73. The molecule has 0 spiro atoms. The number of anilines is 1. The van der Waals surface area contributed by atoms with E-state index in [1.165, 1.54) is 17.0 Å². The third kappa shape index (κ3) is 6.94. The topological polar surface area (TPSA) is 138 Å². The Kier molecular flexibility index (Phi) is 9.84. The molecule has 12 heteroatoms. The zero-order chi connectivity index (χ0) is 34.5. The minimum absolute atomic E-state index is 0.0449. The molecule has 5 aromatic rings. The summed E-state index contributed by atoms with van der Waals surface area (Å²) in [7, 11) is 3.58. The number of benzene rings is 2. The van der Waals surface area contributed by atoms with E-state index in [1.54, 1.807) is 17.8 Å². The van der Waals surface area contributed by atoms with E-state index in [1.807, 2.05) is 73.3 Å². The van der Waals surface area contributed by atoms with Gasteiger partial charge in [0.25, 0.3) is 11.5 Å². The maximum Gasteiger partial charge on any atom is 0.264 e. The summed E-state index contributed by atoms with van der Waals surface area (Å²) in [5, 5.41) is 12.9. The van der Waals surface area contributed by atoms with Crippen LogP contribution in [0.2, 0.25) is 0 Å². The molecule has 1 aliphatic rings. The molecule has 250 valence electrons. The van der Waals surface area contributed by atoms with Crippen molar-refractivity contribution in [1.82, 2.24) is 34.3 Å². The lowest BCUT2D eigenvalue weighted by molar-refractivity contribution is 0.0382. The number of rotatable bonds is 9. The molecule has 6 rings (SSSR count). The Bertz CT molecular complexity index is 2160. The number of aromatic nitrogens is 5. The average Bonchev–Trinajstić information content (AvgIpc) is 3.61. The van der Waals surface area contributed by atoms with Crippen molar-refractivity contribution in [1.29, 1.82) is 0 Å². The number of nitrogens with one attached hydrogen (secondary N) is 1. The van der Waals surface area contributed by atoms with Crippen molar-refractivity contribution >= 4 is 34.5 Å². The molecule has 2 aromatic carbocycles. The molecule has 4 heterocycles. The van der Waals surface area contributed by atoms with Crippen molar-refractivity contribution in [3.8, 4) is 17.5 Å². The van der Waals surface area contributed by atoms with Gasteiger partial charge in [0.1, 0.15) is 5.56 Å². The second-order valence-corrected chi connectivity index (χ2v) is 11.8. The van der Waals surface area contributed by atoms with Gasteiger partial charge in [0.05, 0.1) is 42.1 Å². The van der Waals surface area contributed by atoms with Crippen LogP contribution in [0.4, 0.5) is 11.6 Å². The Morgan fingerprint density at radius 3 is 2.61 bits per heavy atom. The fourth-order valence-electron chi connectivity index (χ4n) is 6.10. The molecule has 3 N–H and O–H groups in total. The first-order valence-electron chi connectivity index (χ1n) is 16.1. The van der Waals surface area contributed by atoms with E-state index in [0.29, 0.717) is 33.5 Å². The van der Waals surface area contributed by atoms with Crippen molar-refractivity contribution in [2.24, 2.45) is 19.1 Å². The smallest absolute Gasteiger partial charge is 0.264 e. The Morgan fingerprint density at radius 1 is 1.10 bits per heavy atom. The Labute approximate surface area is 284 Å². The summed E-state index contributed by atoms with van der Waals surface area (Å²) in [6, 6.07) is 16.3. The van der Waals surface area contributed by atoms with Crippen molar-refractivity contribution in [3.05, 3.63) is 112 Å². The molecule has 1 saturated heterocycles. The number of nitrogens with two attached hydrogens (primary N) is 1. The summed E-state index contributed by atoms with van der Waals surface area (Å²) in [6.45, 7) is 9.68. The van der Waals surface area contributed by atoms with E-state index in [9.17, 15) is 9.59 Å². The quantitative estimate of drug-likeness (QED) is 0.182. The minimum atomic E-state index is -0.611. The van der Waals surface area contributed by atoms with Crippen LogP contribution in [0.15, 0.2) is 83.2 Å². The van der Waals surface area contributed by atoms with Gasteiger partial charge in [-0.15, -0.1) is 0 Å². The van der Waals surface area contributed by atoms with Gasteiger partial charge in [-0.05, 0) is 36.6 Å². The van der Waals surface area contributed by atoms with Crippen LogP contribution < -0.4 is 16.6 Å². The van der Waals surface area contributed by atoms with E-state index in [-0.39, 0.29) is 16.9 Å². The molecule has 12 nitrogen and oxygen atoms in total. The largest absolute Gasteiger partial charge is 0.381 e. The van der Waals surface area contributed by atoms with Crippen LogP contribution in [0.25, 0.3) is 16.5 Å². The lowest BCUT2D eigenvalue weighted by Crippen LogP contribution is -2.37. The molecule has 1 atom stereocenters. The SMILES string of the molecule is C=C/C=N\c1c(C(=O)NC(C)c2cc3cccc(C#Cc4cnn(C)c4CCN4CCOCC4)c3c(=O)n2-c2ccccc2)c(N)nn1C. The summed E-state index contributed by atoms with van der Waals surface area (Å²) in [4.78, 5) is 34.8. The summed E-state index contributed by atoms with van der Waals surface area (Å²) >= 11 is 0. The number of pyridine rings is 1. The molecule has 0 bridgehead atoms. The van der Waals surface area contributed by atoms with Crippen LogP contribution in [0.3, 0.4) is 0 Å². The van der Waals surface area contributed by atoms with Crippen LogP contribution in [-0.4, -0.2) is 74.0 Å². The van der Waals surface area contributed by atoms with Gasteiger partial charge in [0, 0.05) is 63.3 Å². The van der Waals surface area contributed by atoms with Gasteiger partial charge in [-0.3, -0.25) is 23.7 Å². The van der Waals surface area contributed by atoms with Gasteiger partial charge < -0.3 is 15.8 Å². The van der Waals surface area contributed by atoms with Gasteiger partial charge in [0.2, 0.25) is 0 Å². The first-order valence-corrected chi connectivity index (χ1v) is 16.1. The number of aliphatic imine (C=N–C) groups is 1. The molecule has 0 saturated carbocycles. The number of para-hydroxylation sites is 1. The third-order valence-electron chi connectivity index (χ3n) is 8.62. The summed E-state index contributed by atoms with van der Waals surface area (Å²) in [5.74, 6) is 6.46. The van der Waals surface area contributed by atoms with Crippen LogP contribution in [-0.2, 0) is 25.3 Å². The molecule has 0 radical (unpaired) electrons. The number of carbonyl (C=O) groups is 1. The minimum Gasteiger partial charge on any atom is -0.381 e. The number of morpholine rings is 1. The standard InChI is InChI=1S/C37H39N9O3/c1-5-17-39-35-33(34(38)42-44(35)4)36(47)41-25(2)31-23-27-11-9-10-26(32(27)37(48)46(31)29-12-7-6-8-13-29)14-15-28-24-40-43(3)30(28)16-18-45-19-21-49-22-20-45/h5-13,17,23-25H,1,16,18-22H2,2-4H3,(H2,38,42)(H,41,47)/b39-17-. The van der Waals surface area contributed by atoms with Gasteiger partial charge >= 0.3 is 0 Å². The zero-order valence-electron chi connectivity index (χ0n) is 27.9. The second-order valence-electron chi connectivity index (χ2n) is 11.8. The highest BCUT2D eigenvalue weighted by molar-refractivity contribution is 6.03. The van der Waals surface area contributed by atoms with E-state index >= 15 is 0 Å². The molecule has 1 amide bonds. The van der Waals surface area contributed by atoms with Crippen molar-refractivity contribution in [3.63, 3.8) is 0 Å². The average molecular weight is 658 g/mol. The zero-order valence-corrected chi connectivity index (χ0v) is 27.9. The number of fused-ring (bicyclic) bond motifs is 1. The number of aryl methyl sites for hydroxylation is 2. The predicted octanol–water partition coefficient (Wildman–Crippen LogP) is 3.69. The van der Waals surface area contributed by atoms with Crippen LogP contribution >= 0.6 is 0 Å². The molecule has 1 fully saturated rings. The molecular formula is C37H39N9O3. The highest BCUT2D eigenvalue weighted by Crippen LogP contribution is 2.27. The second kappa shape index (κ2) is 14.6. The summed E-state index contributed by atoms with van der Waals surface area (Å²) < 4.78 is 10.4. The van der Waals surface area contributed by atoms with E-state index in [0.717, 1.165) is 50.5 Å². The van der Waals surface area contributed by atoms with E-state index in [2.05, 4.69) is 43.8 Å². The molecule has 0 aliphatic carbocycles. The Balaban J connectivity index is 1.38. The number of allylic oxidation sites excluding steroid dienone is 1. The fraction of sp³-hybridized carbons (Fsp3) is 0.270. The maximum absolute atomic E-state index is 14.5. The van der Waals surface area contributed by atoms with Crippen molar-refractivity contribution in [2.75, 3.05) is 38.6 Å². The number of ether oxygens (including phenoxy) is 1. The predicted molar refractivity (Wildman–Crippen MR) is 192 cm³/mol. The van der Waals surface area contributed by atoms with Crippen molar-refractivity contribution in [2.45, 2.75) is 19.4 Å². The lowest BCUT2D eigenvalue weighted by atomic mass is 10.0. The number of amides is 1. The lowest BCUT2D eigenvalue weighted by Gasteiger charge is -2.26. The first kappa shape index (κ1) is 33.1. The van der Waals surface area contributed by atoms with Crippen LogP contribution in [0.5, 0.6) is 0 Å². The number of hydrogen-bond donors (Lipinski definition) is 2. The highest BCUT2D eigenvalue weighted by atomic mass is 16.5. The highest BCUT2D eigenvalue weighted by Gasteiger charge is 2.25. The van der Waals surface area contributed by atoms with Crippen molar-refractivity contribution < 1.29 is 9.53 Å². The van der Waals surface area contributed by atoms with E-state index < -0.39 is 11.9 Å². The summed E-state index contributed by atoms with van der Waals surface area (Å²) in [6.07, 6.45) is 5.55. The van der Waals surface area contributed by atoms with Gasteiger partial charge in [0.15, 0.2) is 11.6 Å². The number of nitrogens with zero attached hydrogens (tertiary/aromatic N) is 7. The Morgan fingerprint density at radius 2 is 1.86 bits per heavy atom. The normalized spacial score (nSPS) is 14.1. The molecule has 1 aliphatic heterocycles. The monoisotopic (exact) mass is 657 g/mol. The number of carbonyl (C=O) groups excluding carboxylic acids is 1. The molecule has 49 heavy (non-hydrogen) atoms. The van der Waals surface area contributed by atoms with Crippen LogP contribution in [0.1, 0.15) is 45.8 Å². The van der Waals surface area contributed by atoms with E-state index in [4.69, 9.17) is 10.5 Å². The molecule has 1 unspecified atom stereocenters. The Hall–Kier alpha value is -5.77. The number of hydrogen-bond acceptors (Lipinski definition) is 8. The third-order valence-corrected chi connectivity index (χ3v) is 8.62. The van der Waals surface area contributed by atoms with Crippen LogP contribution in [0, 0.1) is 11.8 Å². The maximum atomic E-state index is 14.5. The molecule has 3 aromatic heterocycles. The van der Waals surface area contributed by atoms with Gasteiger partial charge in [-0.25, -0.2) is 9.67 Å². The fourth-order valence-corrected chi connectivity index (χ4v) is 6.10. The molecular weight excluding hydrogens is 618 g/mol. The van der Waals surface area contributed by atoms with Gasteiger partial charge in [-0.1, -0.05) is 54.8 Å².